The third-order valence-corrected chi connectivity index (χ3v) is 5.11. The van der Waals surface area contributed by atoms with Gasteiger partial charge in [-0.15, -0.1) is 11.3 Å². The highest BCUT2D eigenvalue weighted by Gasteiger charge is 2.16. The molecule has 0 radical (unpaired) electrons. The quantitative estimate of drug-likeness (QED) is 0.612. The van der Waals surface area contributed by atoms with E-state index in [0.29, 0.717) is 32.4 Å². The topological polar surface area (TPSA) is 60.5 Å². The number of hydrogen-bond donors (Lipinski definition) is 1. The van der Waals surface area contributed by atoms with E-state index in [0.717, 1.165) is 5.56 Å². The summed E-state index contributed by atoms with van der Waals surface area (Å²) in [5.74, 6) is 0.325. The Morgan fingerprint density at radius 2 is 1.77 bits per heavy atom. The van der Waals surface area contributed by atoms with Gasteiger partial charge in [-0.3, -0.25) is 10.1 Å². The fraction of sp³-hybridized carbons (Fsp3) is 0.111. The lowest BCUT2D eigenvalue weighted by Crippen LogP contribution is -2.12. The minimum atomic E-state index is -0.339. The van der Waals surface area contributed by atoms with Gasteiger partial charge in [-0.1, -0.05) is 0 Å². The van der Waals surface area contributed by atoms with E-state index < -0.39 is 0 Å². The second-order valence-electron chi connectivity index (χ2n) is 5.19. The van der Waals surface area contributed by atoms with E-state index in [4.69, 9.17) is 9.47 Å². The average Bonchev–Trinajstić information content (AvgIpc) is 3.10. The summed E-state index contributed by atoms with van der Waals surface area (Å²) in [6.07, 6.45) is 0. The first-order valence-electron chi connectivity index (χ1n) is 7.46. The molecule has 3 rings (SSSR count). The monoisotopic (exact) mass is 436 g/mol. The molecule has 0 aliphatic carbocycles. The van der Waals surface area contributed by atoms with Crippen molar-refractivity contribution in [2.45, 2.75) is 0 Å². The Bertz CT molecular complexity index is 919. The lowest BCUT2D eigenvalue weighted by Gasteiger charge is -2.11. The first-order valence-corrected chi connectivity index (χ1v) is 9.13. The van der Waals surface area contributed by atoms with Crippen molar-refractivity contribution in [3.8, 4) is 22.8 Å². The molecule has 0 saturated carbocycles. The lowest BCUT2D eigenvalue weighted by atomic mass is 10.2. The Morgan fingerprint density at radius 3 is 2.35 bits per heavy atom. The summed E-state index contributed by atoms with van der Waals surface area (Å²) >= 11 is 4.65. The van der Waals surface area contributed by atoms with Crippen LogP contribution < -0.4 is 14.8 Å². The van der Waals surface area contributed by atoms with Crippen molar-refractivity contribution < 1.29 is 18.7 Å². The molecule has 134 valence electrons. The van der Waals surface area contributed by atoms with Crippen LogP contribution in [-0.2, 0) is 0 Å². The molecule has 1 amide bonds. The van der Waals surface area contributed by atoms with Gasteiger partial charge in [-0.25, -0.2) is 9.37 Å². The predicted molar refractivity (Wildman–Crippen MR) is 103 cm³/mol. The zero-order chi connectivity index (χ0) is 18.7. The summed E-state index contributed by atoms with van der Waals surface area (Å²) < 4.78 is 24.2. The number of carbonyl (C=O) groups is 1. The third kappa shape index (κ3) is 3.86. The van der Waals surface area contributed by atoms with Crippen LogP contribution in [0.1, 0.15) is 10.4 Å². The number of amides is 1. The second-order valence-corrected chi connectivity index (χ2v) is 6.84. The van der Waals surface area contributed by atoms with Crippen LogP contribution in [0, 0.1) is 5.82 Å². The number of thiazole rings is 1. The largest absolute Gasteiger partial charge is 0.495 e. The molecular formula is C18H14BrFN2O3S. The maximum atomic E-state index is 13.0. The van der Waals surface area contributed by atoms with Crippen molar-refractivity contribution in [1.82, 2.24) is 4.98 Å². The summed E-state index contributed by atoms with van der Waals surface area (Å²) in [7, 11) is 3.02. The summed E-state index contributed by atoms with van der Waals surface area (Å²) in [5, 5.41) is 4.99. The van der Waals surface area contributed by atoms with Crippen LogP contribution in [0.3, 0.4) is 0 Å². The Kier molecular flexibility index (Phi) is 5.53. The van der Waals surface area contributed by atoms with Crippen molar-refractivity contribution in [2.75, 3.05) is 19.5 Å². The number of anilines is 1. The first kappa shape index (κ1) is 18.3. The molecule has 0 bridgehead atoms. The van der Waals surface area contributed by atoms with E-state index in [1.165, 1.54) is 37.7 Å². The Labute approximate surface area is 161 Å². The molecule has 1 aromatic heterocycles. The summed E-state index contributed by atoms with van der Waals surface area (Å²) in [6.45, 7) is 0. The van der Waals surface area contributed by atoms with E-state index in [2.05, 4.69) is 26.2 Å². The fourth-order valence-corrected chi connectivity index (χ4v) is 3.52. The van der Waals surface area contributed by atoms with Crippen molar-refractivity contribution in [2.24, 2.45) is 0 Å². The van der Waals surface area contributed by atoms with Gasteiger partial charge in [0, 0.05) is 16.5 Å². The number of halogens is 2. The molecule has 8 heteroatoms. The highest BCUT2D eigenvalue weighted by atomic mass is 79.9. The molecule has 5 nitrogen and oxygen atoms in total. The summed E-state index contributed by atoms with van der Waals surface area (Å²) in [4.78, 5) is 16.9. The molecule has 0 saturated heterocycles. The SMILES string of the molecule is COc1cc(C(=O)Nc2nc(-c3ccc(F)cc3)cs2)cc(OC)c1Br. The lowest BCUT2D eigenvalue weighted by molar-refractivity contribution is 0.102. The highest BCUT2D eigenvalue weighted by molar-refractivity contribution is 9.10. The predicted octanol–water partition coefficient (Wildman–Crippen LogP) is 4.98. The van der Waals surface area contributed by atoms with E-state index in [9.17, 15) is 9.18 Å². The van der Waals surface area contributed by atoms with E-state index >= 15 is 0 Å². The highest BCUT2D eigenvalue weighted by Crippen LogP contribution is 2.36. The van der Waals surface area contributed by atoms with Gasteiger partial charge in [-0.05, 0) is 52.3 Å². The molecule has 2 aromatic carbocycles. The first-order chi connectivity index (χ1) is 12.5. The van der Waals surface area contributed by atoms with Crippen molar-refractivity contribution in [1.29, 1.82) is 0 Å². The molecule has 0 fully saturated rings. The molecule has 0 aliphatic rings. The van der Waals surface area contributed by atoms with Gasteiger partial charge in [0.05, 0.1) is 19.9 Å². The van der Waals surface area contributed by atoms with Crippen molar-refractivity contribution >= 4 is 38.3 Å². The molecule has 0 spiro atoms. The standard InChI is InChI=1S/C18H14BrFN2O3S/c1-24-14-7-11(8-15(25-2)16(14)19)17(23)22-18-21-13(9-26-18)10-3-5-12(20)6-4-10/h3-9H,1-2H3,(H,21,22,23). The fourth-order valence-electron chi connectivity index (χ4n) is 2.25. The smallest absolute Gasteiger partial charge is 0.257 e. The van der Waals surface area contributed by atoms with Crippen LogP contribution in [0.15, 0.2) is 46.3 Å². The molecule has 1 N–H and O–H groups in total. The van der Waals surface area contributed by atoms with Crippen molar-refractivity contribution in [3.63, 3.8) is 0 Å². The van der Waals surface area contributed by atoms with E-state index in [1.807, 2.05) is 0 Å². The molecule has 26 heavy (non-hydrogen) atoms. The average molecular weight is 437 g/mol. The minimum absolute atomic E-state index is 0.310. The number of nitrogens with zero attached hydrogens (tertiary/aromatic N) is 1. The Morgan fingerprint density at radius 1 is 1.15 bits per heavy atom. The van der Waals surface area contributed by atoms with E-state index in [-0.39, 0.29) is 11.7 Å². The molecular weight excluding hydrogens is 423 g/mol. The number of ether oxygens (including phenoxy) is 2. The minimum Gasteiger partial charge on any atom is -0.495 e. The Hall–Kier alpha value is -2.45. The van der Waals surface area contributed by atoms with Crippen LogP contribution in [-0.4, -0.2) is 25.1 Å². The van der Waals surface area contributed by atoms with E-state index in [1.54, 1.807) is 29.6 Å². The number of carbonyl (C=O) groups excluding carboxylic acids is 1. The maximum absolute atomic E-state index is 13.0. The zero-order valence-corrected chi connectivity index (χ0v) is 16.3. The van der Waals surface area contributed by atoms with Gasteiger partial charge in [0.15, 0.2) is 5.13 Å². The molecule has 0 unspecified atom stereocenters. The molecule has 0 aliphatic heterocycles. The van der Waals surface area contributed by atoms with Crippen LogP contribution in [0.4, 0.5) is 9.52 Å². The number of rotatable bonds is 5. The van der Waals surface area contributed by atoms with Gasteiger partial charge in [-0.2, -0.15) is 0 Å². The summed E-state index contributed by atoms with van der Waals surface area (Å²) in [6, 6.07) is 9.23. The molecule has 0 atom stereocenters. The normalized spacial score (nSPS) is 10.5. The van der Waals surface area contributed by atoms with Gasteiger partial charge in [0.1, 0.15) is 21.8 Å². The second kappa shape index (κ2) is 7.84. The van der Waals surface area contributed by atoms with Crippen molar-refractivity contribution in [3.05, 3.63) is 57.6 Å². The van der Waals surface area contributed by atoms with Gasteiger partial charge in [0.25, 0.3) is 5.91 Å². The van der Waals surface area contributed by atoms with Crippen LogP contribution in [0.25, 0.3) is 11.3 Å². The van der Waals surface area contributed by atoms with Crippen LogP contribution in [0.2, 0.25) is 0 Å². The van der Waals surface area contributed by atoms with Crippen LogP contribution >= 0.6 is 27.3 Å². The number of nitrogens with one attached hydrogen (secondary N) is 1. The Balaban J connectivity index is 1.81. The number of benzene rings is 2. The van der Waals surface area contributed by atoms with Gasteiger partial charge in [0.2, 0.25) is 0 Å². The number of methoxy groups -OCH3 is 2. The van der Waals surface area contributed by atoms with Gasteiger partial charge < -0.3 is 9.47 Å². The summed E-state index contributed by atoms with van der Waals surface area (Å²) in [5.41, 5.74) is 1.81. The van der Waals surface area contributed by atoms with Crippen LogP contribution in [0.5, 0.6) is 11.5 Å². The molecule has 1 heterocycles. The number of aromatic nitrogens is 1. The number of hydrogen-bond acceptors (Lipinski definition) is 5. The maximum Gasteiger partial charge on any atom is 0.257 e. The zero-order valence-electron chi connectivity index (χ0n) is 13.9. The third-order valence-electron chi connectivity index (χ3n) is 3.57. The molecule has 3 aromatic rings. The van der Waals surface area contributed by atoms with Gasteiger partial charge >= 0.3 is 0 Å².